The third kappa shape index (κ3) is 3.33. The first-order valence-corrected chi connectivity index (χ1v) is 9.60. The number of hydrogen-bond donors (Lipinski definition) is 1. The van der Waals surface area contributed by atoms with Crippen LogP contribution in [-0.2, 0) is 6.42 Å². The number of rotatable bonds is 4. The minimum absolute atomic E-state index is 0.311. The number of aromatic carboxylic acids is 1. The number of pyridine rings is 1. The van der Waals surface area contributed by atoms with Crippen molar-refractivity contribution in [3.63, 3.8) is 0 Å². The maximum Gasteiger partial charge on any atom is 0.336 e. The maximum absolute atomic E-state index is 12.2. The smallest absolute Gasteiger partial charge is 0.336 e. The Morgan fingerprint density at radius 1 is 1.10 bits per heavy atom. The normalized spacial score (nSPS) is 17.2. The molecule has 5 nitrogen and oxygen atoms in total. The molecule has 1 aromatic heterocycles. The average Bonchev–Trinajstić information content (AvgIpc) is 2.71. The molecule has 0 fully saturated rings. The Morgan fingerprint density at radius 3 is 2.62 bits per heavy atom. The first-order valence-electron chi connectivity index (χ1n) is 9.60. The van der Waals surface area contributed by atoms with Gasteiger partial charge in [0.15, 0.2) is 11.5 Å². The number of carboxylic acid groups (broad SMARTS) is 1. The second-order valence-electron chi connectivity index (χ2n) is 7.40. The van der Waals surface area contributed by atoms with Crippen LogP contribution in [0.5, 0.6) is 11.5 Å². The number of aromatic nitrogens is 1. The molecular weight excluding hydrogens is 366 g/mol. The van der Waals surface area contributed by atoms with E-state index in [1.54, 1.807) is 14.2 Å². The summed E-state index contributed by atoms with van der Waals surface area (Å²) in [6, 6.07) is 13.2. The van der Waals surface area contributed by atoms with Gasteiger partial charge in [0, 0.05) is 10.9 Å². The molecule has 0 amide bonds. The van der Waals surface area contributed by atoms with Gasteiger partial charge in [-0.15, -0.1) is 0 Å². The van der Waals surface area contributed by atoms with E-state index in [2.05, 4.69) is 6.92 Å². The summed E-state index contributed by atoms with van der Waals surface area (Å²) in [7, 11) is 3.23. The highest BCUT2D eigenvalue weighted by molar-refractivity contribution is 6.06. The summed E-state index contributed by atoms with van der Waals surface area (Å²) in [5.41, 5.74) is 4.53. The van der Waals surface area contributed by atoms with E-state index in [1.807, 2.05) is 48.5 Å². The Morgan fingerprint density at radius 2 is 1.90 bits per heavy atom. The molecule has 29 heavy (non-hydrogen) atoms. The summed E-state index contributed by atoms with van der Waals surface area (Å²) in [4.78, 5) is 17.0. The minimum Gasteiger partial charge on any atom is -0.493 e. The van der Waals surface area contributed by atoms with Crippen LogP contribution in [0.2, 0.25) is 0 Å². The number of benzene rings is 2. The van der Waals surface area contributed by atoms with Crippen LogP contribution in [0.4, 0.5) is 0 Å². The molecule has 1 atom stereocenters. The summed E-state index contributed by atoms with van der Waals surface area (Å²) >= 11 is 0. The van der Waals surface area contributed by atoms with Crippen LogP contribution in [0.25, 0.3) is 22.6 Å². The van der Waals surface area contributed by atoms with Crippen LogP contribution in [0.3, 0.4) is 0 Å². The van der Waals surface area contributed by atoms with E-state index in [0.717, 1.165) is 28.8 Å². The van der Waals surface area contributed by atoms with Crippen molar-refractivity contribution in [1.29, 1.82) is 0 Å². The van der Waals surface area contributed by atoms with Gasteiger partial charge in [-0.2, -0.15) is 0 Å². The third-order valence-electron chi connectivity index (χ3n) is 5.40. The number of nitrogens with zero attached hydrogens (tertiary/aromatic N) is 1. The number of fused-ring (bicyclic) bond motifs is 2. The Kier molecular flexibility index (Phi) is 4.97. The molecule has 0 saturated heterocycles. The van der Waals surface area contributed by atoms with Gasteiger partial charge in [-0.1, -0.05) is 37.3 Å². The first-order chi connectivity index (χ1) is 14.0. The van der Waals surface area contributed by atoms with Gasteiger partial charge in [-0.05, 0) is 48.1 Å². The van der Waals surface area contributed by atoms with Gasteiger partial charge in [0.2, 0.25) is 0 Å². The molecule has 5 heteroatoms. The largest absolute Gasteiger partial charge is 0.493 e. The second kappa shape index (κ2) is 7.59. The Balaban J connectivity index is 1.98. The van der Waals surface area contributed by atoms with Gasteiger partial charge < -0.3 is 14.6 Å². The summed E-state index contributed by atoms with van der Waals surface area (Å²) < 4.78 is 11.0. The van der Waals surface area contributed by atoms with E-state index in [9.17, 15) is 9.90 Å². The molecule has 1 heterocycles. The number of methoxy groups -OCH3 is 2. The topological polar surface area (TPSA) is 68.7 Å². The van der Waals surface area contributed by atoms with Crippen LogP contribution in [0, 0.1) is 5.92 Å². The predicted molar refractivity (Wildman–Crippen MR) is 114 cm³/mol. The van der Waals surface area contributed by atoms with Crippen LogP contribution < -0.4 is 9.47 Å². The van der Waals surface area contributed by atoms with Gasteiger partial charge in [-0.3, -0.25) is 0 Å². The van der Waals surface area contributed by atoms with Gasteiger partial charge in [0.1, 0.15) is 0 Å². The predicted octanol–water partition coefficient (Wildman–Crippen LogP) is 5.07. The van der Waals surface area contributed by atoms with Crippen molar-refractivity contribution < 1.29 is 19.4 Å². The van der Waals surface area contributed by atoms with E-state index in [-0.39, 0.29) is 0 Å². The zero-order valence-electron chi connectivity index (χ0n) is 16.7. The molecule has 148 valence electrons. The Hall–Kier alpha value is -3.34. The molecule has 0 unspecified atom stereocenters. The van der Waals surface area contributed by atoms with E-state index < -0.39 is 5.97 Å². The Labute approximate surface area is 169 Å². The molecule has 4 rings (SSSR count). The molecule has 0 aliphatic heterocycles. The molecule has 0 bridgehead atoms. The van der Waals surface area contributed by atoms with Crippen molar-refractivity contribution in [2.24, 2.45) is 5.92 Å². The number of para-hydroxylation sites is 2. The molecule has 0 radical (unpaired) electrons. The second-order valence-corrected chi connectivity index (χ2v) is 7.40. The lowest BCUT2D eigenvalue weighted by atomic mass is 9.80. The summed E-state index contributed by atoms with van der Waals surface area (Å²) in [5.74, 6) is 0.712. The van der Waals surface area contributed by atoms with E-state index >= 15 is 0 Å². The maximum atomic E-state index is 12.2. The van der Waals surface area contributed by atoms with Crippen molar-refractivity contribution in [3.8, 4) is 11.5 Å². The van der Waals surface area contributed by atoms with Crippen LogP contribution in [-0.4, -0.2) is 30.3 Å². The standard InChI is InChI=1S/C24H23NO4/c1-14-11-16(13-15-7-6-10-20(28-2)23(15)29-3)22-18(12-14)21(24(26)27)17-8-4-5-9-19(17)25-22/h4-10,13-14H,11-12H2,1-3H3,(H,26,27)/b16-13+/t14-/m1/s1. The SMILES string of the molecule is COc1cccc(/C=C2\C[C@@H](C)Cc3c2nc2ccccc2c3C(=O)O)c1OC. The lowest BCUT2D eigenvalue weighted by Gasteiger charge is -2.26. The van der Waals surface area contributed by atoms with E-state index in [1.165, 1.54) is 0 Å². The molecular formula is C24H23NO4. The highest BCUT2D eigenvalue weighted by Crippen LogP contribution is 2.40. The highest BCUT2D eigenvalue weighted by Gasteiger charge is 2.28. The Bertz CT molecular complexity index is 1130. The van der Waals surface area contributed by atoms with Crippen molar-refractivity contribution in [1.82, 2.24) is 4.98 Å². The molecule has 2 aromatic carbocycles. The fourth-order valence-corrected chi connectivity index (χ4v) is 4.19. The van der Waals surface area contributed by atoms with Gasteiger partial charge in [-0.25, -0.2) is 9.78 Å². The molecule has 0 saturated carbocycles. The average molecular weight is 389 g/mol. The van der Waals surface area contributed by atoms with Crippen LogP contribution in [0.1, 0.15) is 40.5 Å². The number of carboxylic acids is 1. The molecule has 3 aromatic rings. The first kappa shape index (κ1) is 19.0. The molecule has 0 spiro atoms. The number of carbonyl (C=O) groups is 1. The fraction of sp³-hybridized carbons (Fsp3) is 0.250. The lowest BCUT2D eigenvalue weighted by molar-refractivity contribution is 0.0697. The zero-order chi connectivity index (χ0) is 20.5. The van der Waals surface area contributed by atoms with Crippen molar-refractivity contribution >= 4 is 28.5 Å². The molecule has 1 N–H and O–H groups in total. The minimum atomic E-state index is -0.910. The third-order valence-corrected chi connectivity index (χ3v) is 5.40. The zero-order valence-corrected chi connectivity index (χ0v) is 16.7. The highest BCUT2D eigenvalue weighted by atomic mass is 16.5. The summed E-state index contributed by atoms with van der Waals surface area (Å²) in [6.45, 7) is 2.14. The quantitative estimate of drug-likeness (QED) is 0.674. The number of allylic oxidation sites excluding steroid dienone is 1. The van der Waals surface area contributed by atoms with E-state index in [4.69, 9.17) is 14.5 Å². The van der Waals surface area contributed by atoms with Gasteiger partial charge in [0.25, 0.3) is 0 Å². The van der Waals surface area contributed by atoms with Crippen molar-refractivity contribution in [2.75, 3.05) is 14.2 Å². The number of hydrogen-bond acceptors (Lipinski definition) is 4. The monoisotopic (exact) mass is 389 g/mol. The molecule has 1 aliphatic rings. The van der Waals surface area contributed by atoms with Crippen LogP contribution >= 0.6 is 0 Å². The van der Waals surface area contributed by atoms with Gasteiger partial charge >= 0.3 is 5.97 Å². The summed E-state index contributed by atoms with van der Waals surface area (Å²) in [5, 5.41) is 10.7. The molecule has 1 aliphatic carbocycles. The summed E-state index contributed by atoms with van der Waals surface area (Å²) in [6.07, 6.45) is 3.56. The van der Waals surface area contributed by atoms with Gasteiger partial charge in [0.05, 0.1) is 31.0 Å². The lowest BCUT2D eigenvalue weighted by Crippen LogP contribution is -2.17. The van der Waals surface area contributed by atoms with Crippen molar-refractivity contribution in [2.45, 2.75) is 19.8 Å². The number of ether oxygens (including phenoxy) is 2. The fourth-order valence-electron chi connectivity index (χ4n) is 4.19. The van der Waals surface area contributed by atoms with Crippen molar-refractivity contribution in [3.05, 3.63) is 64.8 Å². The van der Waals surface area contributed by atoms with E-state index in [0.29, 0.717) is 40.3 Å². The van der Waals surface area contributed by atoms with Crippen LogP contribution in [0.15, 0.2) is 42.5 Å².